The maximum absolute atomic E-state index is 5.71. The van der Waals surface area contributed by atoms with Crippen molar-refractivity contribution in [2.45, 2.75) is 39.2 Å². The molecule has 1 heterocycles. The second-order valence-corrected chi connectivity index (χ2v) is 4.29. The summed E-state index contributed by atoms with van der Waals surface area (Å²) in [6, 6.07) is 0. The zero-order chi connectivity index (χ0) is 10.6. The van der Waals surface area contributed by atoms with Gasteiger partial charge in [0.05, 0.1) is 0 Å². The van der Waals surface area contributed by atoms with Gasteiger partial charge in [0.2, 0.25) is 0 Å². The molecule has 0 radical (unpaired) electrons. The summed E-state index contributed by atoms with van der Waals surface area (Å²) in [7, 11) is 0. The van der Waals surface area contributed by atoms with E-state index in [0.29, 0.717) is 0 Å². The van der Waals surface area contributed by atoms with E-state index in [4.69, 9.17) is 5.73 Å². The lowest BCUT2D eigenvalue weighted by molar-refractivity contribution is 0.234. The Balaban J connectivity index is 2.76. The summed E-state index contributed by atoms with van der Waals surface area (Å²) >= 11 is 0. The van der Waals surface area contributed by atoms with E-state index < -0.39 is 0 Å². The van der Waals surface area contributed by atoms with Crippen molar-refractivity contribution in [3.63, 3.8) is 0 Å². The summed E-state index contributed by atoms with van der Waals surface area (Å²) in [4.78, 5) is 2.22. The molecule has 0 aromatic heterocycles. The van der Waals surface area contributed by atoms with Crippen LogP contribution in [0.1, 0.15) is 33.6 Å². The lowest BCUT2D eigenvalue weighted by Gasteiger charge is -2.35. The van der Waals surface area contributed by atoms with Crippen molar-refractivity contribution < 1.29 is 0 Å². The van der Waals surface area contributed by atoms with E-state index in [-0.39, 0.29) is 5.54 Å². The molecule has 1 rings (SSSR count). The van der Waals surface area contributed by atoms with Gasteiger partial charge in [-0.3, -0.25) is 0 Å². The smallest absolute Gasteiger partial charge is 0.0383 e. The minimum Gasteiger partial charge on any atom is -0.399 e. The van der Waals surface area contributed by atoms with E-state index in [2.05, 4.69) is 31.9 Å². The first-order valence-electron chi connectivity index (χ1n) is 5.17. The van der Waals surface area contributed by atoms with Gasteiger partial charge in [-0.15, -0.1) is 0 Å². The van der Waals surface area contributed by atoms with Crippen LogP contribution in [0.25, 0.3) is 0 Å². The second-order valence-electron chi connectivity index (χ2n) is 4.29. The minimum absolute atomic E-state index is 0.167. The molecule has 1 aliphatic heterocycles. The molecule has 2 nitrogen and oxygen atoms in total. The van der Waals surface area contributed by atoms with Gasteiger partial charge < -0.3 is 10.6 Å². The summed E-state index contributed by atoms with van der Waals surface area (Å²) < 4.78 is 0. The first kappa shape index (κ1) is 10.9. The molecule has 1 aliphatic rings. The molecule has 2 N–H and O–H groups in total. The molecular formula is C12H20N2. The Morgan fingerprint density at radius 2 is 2.07 bits per heavy atom. The Kier molecular flexibility index (Phi) is 3.39. The van der Waals surface area contributed by atoms with Gasteiger partial charge in [-0.05, 0) is 38.5 Å². The zero-order valence-corrected chi connectivity index (χ0v) is 9.33. The van der Waals surface area contributed by atoms with Crippen LogP contribution in [0.5, 0.6) is 0 Å². The molecule has 78 valence electrons. The summed E-state index contributed by atoms with van der Waals surface area (Å²) in [6.45, 7) is 6.69. The molecular weight excluding hydrogens is 172 g/mol. The third kappa shape index (κ3) is 2.66. The molecule has 0 unspecified atom stereocenters. The maximum atomic E-state index is 5.71. The van der Waals surface area contributed by atoms with Crippen molar-refractivity contribution in [1.29, 1.82) is 0 Å². The SMILES string of the molecule is CCCC(C)(C)N1C=CC=C(N)C=C1. The van der Waals surface area contributed by atoms with Gasteiger partial charge in [-0.1, -0.05) is 13.3 Å². The Hall–Kier alpha value is -1.18. The van der Waals surface area contributed by atoms with Crippen molar-refractivity contribution in [1.82, 2.24) is 4.90 Å². The summed E-state index contributed by atoms with van der Waals surface area (Å²) in [6.07, 6.45) is 12.3. The van der Waals surface area contributed by atoms with Gasteiger partial charge in [0.15, 0.2) is 0 Å². The Bertz CT molecular complexity index is 272. The number of allylic oxidation sites excluding steroid dienone is 3. The van der Waals surface area contributed by atoms with Gasteiger partial charge in [0.25, 0.3) is 0 Å². The van der Waals surface area contributed by atoms with E-state index in [0.717, 1.165) is 5.70 Å². The third-order valence-corrected chi connectivity index (χ3v) is 2.52. The van der Waals surface area contributed by atoms with Crippen LogP contribution in [-0.2, 0) is 0 Å². The van der Waals surface area contributed by atoms with Gasteiger partial charge >= 0.3 is 0 Å². The molecule has 0 saturated heterocycles. The standard InChI is InChI=1S/C12H20N2/c1-4-8-12(2,3)14-9-5-6-11(13)7-10-14/h5-7,9-10H,4,8,13H2,1-3H3. The molecule has 0 aromatic rings. The fourth-order valence-electron chi connectivity index (χ4n) is 1.66. The van der Waals surface area contributed by atoms with Gasteiger partial charge in [0, 0.05) is 23.6 Å². The highest BCUT2D eigenvalue weighted by molar-refractivity contribution is 5.24. The Morgan fingerprint density at radius 3 is 2.71 bits per heavy atom. The molecule has 0 aromatic carbocycles. The van der Waals surface area contributed by atoms with Crippen LogP contribution < -0.4 is 5.73 Å². The molecule has 0 atom stereocenters. The topological polar surface area (TPSA) is 29.3 Å². The number of nitrogens with two attached hydrogens (primary N) is 1. The molecule has 0 aliphatic carbocycles. The van der Waals surface area contributed by atoms with Crippen LogP contribution in [0.4, 0.5) is 0 Å². The molecule has 0 bridgehead atoms. The first-order chi connectivity index (χ1) is 6.56. The van der Waals surface area contributed by atoms with Crippen LogP contribution in [0, 0.1) is 0 Å². The fraction of sp³-hybridized carbons (Fsp3) is 0.500. The van der Waals surface area contributed by atoms with E-state index >= 15 is 0 Å². The first-order valence-corrected chi connectivity index (χ1v) is 5.17. The maximum Gasteiger partial charge on any atom is 0.0383 e. The van der Waals surface area contributed by atoms with Crippen molar-refractivity contribution in [3.8, 4) is 0 Å². The van der Waals surface area contributed by atoms with E-state index in [1.54, 1.807) is 0 Å². The lowest BCUT2D eigenvalue weighted by Crippen LogP contribution is -2.36. The Morgan fingerprint density at radius 1 is 1.36 bits per heavy atom. The molecule has 0 spiro atoms. The van der Waals surface area contributed by atoms with E-state index in [1.807, 2.05) is 24.4 Å². The highest BCUT2D eigenvalue weighted by Crippen LogP contribution is 2.22. The van der Waals surface area contributed by atoms with E-state index in [1.165, 1.54) is 12.8 Å². The normalized spacial score (nSPS) is 16.8. The van der Waals surface area contributed by atoms with Crippen LogP contribution in [-0.4, -0.2) is 10.4 Å². The van der Waals surface area contributed by atoms with Crippen molar-refractivity contribution >= 4 is 0 Å². The largest absolute Gasteiger partial charge is 0.399 e. The molecule has 2 heteroatoms. The minimum atomic E-state index is 0.167. The van der Waals surface area contributed by atoms with Gasteiger partial charge in [-0.2, -0.15) is 0 Å². The predicted octanol–water partition coefficient (Wildman–Crippen LogP) is 2.75. The van der Waals surface area contributed by atoms with Crippen LogP contribution >= 0.6 is 0 Å². The number of rotatable bonds is 3. The highest BCUT2D eigenvalue weighted by atomic mass is 15.2. The summed E-state index contributed by atoms with van der Waals surface area (Å²) in [5.41, 5.74) is 6.68. The monoisotopic (exact) mass is 192 g/mol. The summed E-state index contributed by atoms with van der Waals surface area (Å²) in [5, 5.41) is 0. The third-order valence-electron chi connectivity index (χ3n) is 2.52. The molecule has 0 saturated carbocycles. The van der Waals surface area contributed by atoms with Gasteiger partial charge in [0.1, 0.15) is 0 Å². The van der Waals surface area contributed by atoms with Crippen molar-refractivity contribution in [3.05, 3.63) is 36.3 Å². The van der Waals surface area contributed by atoms with Crippen LogP contribution in [0.3, 0.4) is 0 Å². The van der Waals surface area contributed by atoms with E-state index in [9.17, 15) is 0 Å². The average Bonchev–Trinajstić information content (AvgIpc) is 2.30. The highest BCUT2D eigenvalue weighted by Gasteiger charge is 2.21. The second kappa shape index (κ2) is 4.36. The van der Waals surface area contributed by atoms with Gasteiger partial charge in [-0.25, -0.2) is 0 Å². The molecule has 0 fully saturated rings. The van der Waals surface area contributed by atoms with Crippen LogP contribution in [0.15, 0.2) is 36.3 Å². The predicted molar refractivity (Wildman–Crippen MR) is 61.4 cm³/mol. The van der Waals surface area contributed by atoms with Crippen molar-refractivity contribution in [2.75, 3.05) is 0 Å². The number of hydrogen-bond acceptors (Lipinski definition) is 2. The zero-order valence-electron chi connectivity index (χ0n) is 9.33. The number of nitrogens with zero attached hydrogens (tertiary/aromatic N) is 1. The fourth-order valence-corrected chi connectivity index (χ4v) is 1.66. The molecule has 0 amide bonds. The quantitative estimate of drug-likeness (QED) is 0.745. The average molecular weight is 192 g/mol. The lowest BCUT2D eigenvalue weighted by atomic mass is 9.97. The van der Waals surface area contributed by atoms with Crippen LogP contribution in [0.2, 0.25) is 0 Å². The molecule has 14 heavy (non-hydrogen) atoms. The van der Waals surface area contributed by atoms with Crippen molar-refractivity contribution in [2.24, 2.45) is 5.73 Å². The summed E-state index contributed by atoms with van der Waals surface area (Å²) in [5.74, 6) is 0. The number of hydrogen-bond donors (Lipinski definition) is 1. The Labute approximate surface area is 86.8 Å².